The van der Waals surface area contributed by atoms with Gasteiger partial charge in [-0.1, -0.05) is 24.3 Å². The Labute approximate surface area is 123 Å². The number of rotatable bonds is 1. The summed E-state index contributed by atoms with van der Waals surface area (Å²) in [6.45, 7) is 2.09. The minimum Gasteiger partial charge on any atom is -0.453 e. The highest BCUT2D eigenvalue weighted by atomic mass is 16.5. The quantitative estimate of drug-likeness (QED) is 0.535. The molecule has 0 amide bonds. The second-order valence-electron chi connectivity index (χ2n) is 5.07. The van der Waals surface area contributed by atoms with Crippen molar-refractivity contribution in [3.05, 3.63) is 66.4 Å². The van der Waals surface area contributed by atoms with E-state index in [0.717, 1.165) is 34.1 Å². The molecule has 0 atom stereocenters. The van der Waals surface area contributed by atoms with Crippen molar-refractivity contribution >= 4 is 11.4 Å². The van der Waals surface area contributed by atoms with Gasteiger partial charge in [0, 0.05) is 11.8 Å². The molecule has 1 aliphatic heterocycles. The molecule has 0 aliphatic carbocycles. The van der Waals surface area contributed by atoms with Crippen molar-refractivity contribution in [1.29, 1.82) is 0 Å². The van der Waals surface area contributed by atoms with Crippen LogP contribution in [0.2, 0.25) is 0 Å². The highest BCUT2D eigenvalue weighted by Crippen LogP contribution is 2.47. The van der Waals surface area contributed by atoms with Crippen LogP contribution in [0.3, 0.4) is 0 Å². The largest absolute Gasteiger partial charge is 0.453 e. The summed E-state index contributed by atoms with van der Waals surface area (Å²) in [6, 6.07) is 18.0. The molecule has 0 saturated heterocycles. The number of para-hydroxylation sites is 2. The van der Waals surface area contributed by atoms with Gasteiger partial charge in [0.25, 0.3) is 0 Å². The summed E-state index contributed by atoms with van der Waals surface area (Å²) in [5.41, 5.74) is 5.16. The number of pyridine rings is 1. The van der Waals surface area contributed by atoms with Crippen molar-refractivity contribution in [2.24, 2.45) is 0 Å². The predicted molar refractivity (Wildman–Crippen MR) is 84.2 cm³/mol. The fourth-order valence-corrected chi connectivity index (χ4v) is 2.65. The first-order valence-electron chi connectivity index (χ1n) is 6.92. The third-order valence-electron chi connectivity index (χ3n) is 3.66. The van der Waals surface area contributed by atoms with E-state index in [9.17, 15) is 0 Å². The fraction of sp³-hybridized carbons (Fsp3) is 0.0556. The Kier molecular flexibility index (Phi) is 2.64. The van der Waals surface area contributed by atoms with Crippen molar-refractivity contribution in [2.75, 3.05) is 5.32 Å². The maximum Gasteiger partial charge on any atom is 0.151 e. The fourth-order valence-electron chi connectivity index (χ4n) is 2.65. The molecule has 0 spiro atoms. The zero-order valence-corrected chi connectivity index (χ0v) is 11.6. The van der Waals surface area contributed by atoms with E-state index in [1.165, 1.54) is 5.56 Å². The van der Waals surface area contributed by atoms with Gasteiger partial charge in [-0.3, -0.25) is 4.98 Å². The van der Waals surface area contributed by atoms with Crippen LogP contribution >= 0.6 is 0 Å². The Hall–Kier alpha value is -2.81. The lowest BCUT2D eigenvalue weighted by Gasteiger charge is -2.24. The van der Waals surface area contributed by atoms with E-state index in [0.29, 0.717) is 0 Å². The van der Waals surface area contributed by atoms with Gasteiger partial charge in [-0.05, 0) is 42.8 Å². The smallest absolute Gasteiger partial charge is 0.151 e. The molecule has 3 aromatic rings. The summed E-state index contributed by atoms with van der Waals surface area (Å²) in [7, 11) is 0. The average molecular weight is 274 g/mol. The summed E-state index contributed by atoms with van der Waals surface area (Å²) in [5, 5.41) is 3.48. The lowest BCUT2D eigenvalue weighted by molar-refractivity contribution is 0.481. The minimum atomic E-state index is 0.833. The van der Waals surface area contributed by atoms with Gasteiger partial charge in [-0.15, -0.1) is 0 Å². The molecule has 102 valence electrons. The van der Waals surface area contributed by atoms with Crippen LogP contribution in [0.5, 0.6) is 11.5 Å². The zero-order chi connectivity index (χ0) is 14.2. The summed E-state index contributed by atoms with van der Waals surface area (Å²) >= 11 is 0. The lowest BCUT2D eigenvalue weighted by Crippen LogP contribution is -2.05. The average Bonchev–Trinajstić information content (AvgIpc) is 2.54. The van der Waals surface area contributed by atoms with Crippen molar-refractivity contribution in [3.8, 4) is 22.8 Å². The van der Waals surface area contributed by atoms with E-state index in [1.54, 1.807) is 0 Å². The van der Waals surface area contributed by atoms with Gasteiger partial charge < -0.3 is 10.1 Å². The van der Waals surface area contributed by atoms with Crippen LogP contribution in [0.25, 0.3) is 11.3 Å². The molecule has 1 aliphatic rings. The first-order chi connectivity index (χ1) is 10.3. The molecular formula is C18H14N2O. The number of ether oxygens (including phenoxy) is 1. The molecule has 3 heteroatoms. The molecule has 4 rings (SSSR count). The molecular weight excluding hydrogens is 260 g/mol. The van der Waals surface area contributed by atoms with Gasteiger partial charge >= 0.3 is 0 Å². The maximum atomic E-state index is 6.00. The van der Waals surface area contributed by atoms with Crippen LogP contribution in [0, 0.1) is 6.92 Å². The monoisotopic (exact) mass is 274 g/mol. The number of nitrogens with one attached hydrogen (secondary N) is 1. The van der Waals surface area contributed by atoms with E-state index in [4.69, 9.17) is 4.74 Å². The number of hydrogen-bond donors (Lipinski definition) is 1. The first-order valence-corrected chi connectivity index (χ1v) is 6.92. The van der Waals surface area contributed by atoms with E-state index in [2.05, 4.69) is 23.3 Å². The van der Waals surface area contributed by atoms with Gasteiger partial charge in [0.05, 0.1) is 17.1 Å². The molecule has 3 nitrogen and oxygen atoms in total. The van der Waals surface area contributed by atoms with E-state index >= 15 is 0 Å². The molecule has 0 radical (unpaired) electrons. The van der Waals surface area contributed by atoms with E-state index in [1.807, 2.05) is 54.7 Å². The highest BCUT2D eigenvalue weighted by Gasteiger charge is 2.21. The second kappa shape index (κ2) is 4.63. The van der Waals surface area contributed by atoms with Crippen molar-refractivity contribution in [1.82, 2.24) is 4.98 Å². The zero-order valence-electron chi connectivity index (χ0n) is 11.6. The number of aromatic nitrogens is 1. The number of nitrogens with zero attached hydrogens (tertiary/aromatic N) is 1. The van der Waals surface area contributed by atoms with Gasteiger partial charge in [0.1, 0.15) is 0 Å². The Morgan fingerprint density at radius 1 is 0.905 bits per heavy atom. The maximum absolute atomic E-state index is 6.00. The summed E-state index contributed by atoms with van der Waals surface area (Å²) in [5.74, 6) is 1.68. The van der Waals surface area contributed by atoms with E-state index in [-0.39, 0.29) is 0 Å². The molecule has 0 bridgehead atoms. The lowest BCUT2D eigenvalue weighted by atomic mass is 10.0. The predicted octanol–water partition coefficient (Wildman–Crippen LogP) is 4.91. The SMILES string of the molecule is Cc1ccc2c(c1-c1ccccn1)Nc1ccccc1O2. The van der Waals surface area contributed by atoms with Crippen LogP contribution in [0.1, 0.15) is 5.56 Å². The number of aryl methyl sites for hydroxylation is 1. The topological polar surface area (TPSA) is 34.2 Å². The molecule has 1 N–H and O–H groups in total. The van der Waals surface area contributed by atoms with Crippen LogP contribution in [-0.4, -0.2) is 4.98 Å². The number of anilines is 2. The third-order valence-corrected chi connectivity index (χ3v) is 3.66. The first kappa shape index (κ1) is 12.0. The normalized spacial score (nSPS) is 11.9. The summed E-state index contributed by atoms with van der Waals surface area (Å²) in [6.07, 6.45) is 1.81. The minimum absolute atomic E-state index is 0.833. The molecule has 0 fully saturated rings. The molecule has 1 aromatic heterocycles. The Bertz CT molecular complexity index is 813. The number of fused-ring (bicyclic) bond motifs is 2. The molecule has 2 heterocycles. The standard InChI is InChI=1S/C18H14N2O/c1-12-9-10-16-18(17(12)14-7-4-5-11-19-14)20-13-6-2-3-8-15(13)21-16/h2-11,20H,1H3. The van der Waals surface area contributed by atoms with Gasteiger partial charge in [0.15, 0.2) is 11.5 Å². The van der Waals surface area contributed by atoms with Crippen LogP contribution in [0.15, 0.2) is 60.8 Å². The number of hydrogen-bond acceptors (Lipinski definition) is 3. The van der Waals surface area contributed by atoms with Gasteiger partial charge in [-0.25, -0.2) is 0 Å². The Morgan fingerprint density at radius 3 is 2.62 bits per heavy atom. The second-order valence-corrected chi connectivity index (χ2v) is 5.07. The summed E-state index contributed by atoms with van der Waals surface area (Å²) in [4.78, 5) is 4.48. The molecule has 2 aromatic carbocycles. The third kappa shape index (κ3) is 1.94. The highest BCUT2D eigenvalue weighted by molar-refractivity contribution is 5.89. The van der Waals surface area contributed by atoms with Crippen LogP contribution in [0.4, 0.5) is 11.4 Å². The van der Waals surface area contributed by atoms with Crippen molar-refractivity contribution in [2.45, 2.75) is 6.92 Å². The van der Waals surface area contributed by atoms with Crippen molar-refractivity contribution in [3.63, 3.8) is 0 Å². The van der Waals surface area contributed by atoms with Crippen LogP contribution < -0.4 is 10.1 Å². The Morgan fingerprint density at radius 2 is 1.76 bits per heavy atom. The van der Waals surface area contributed by atoms with E-state index < -0.39 is 0 Å². The van der Waals surface area contributed by atoms with Gasteiger partial charge in [0.2, 0.25) is 0 Å². The van der Waals surface area contributed by atoms with Gasteiger partial charge in [-0.2, -0.15) is 0 Å². The molecule has 0 unspecified atom stereocenters. The van der Waals surface area contributed by atoms with Crippen LogP contribution in [-0.2, 0) is 0 Å². The number of benzene rings is 2. The molecule has 21 heavy (non-hydrogen) atoms. The van der Waals surface area contributed by atoms with Crippen molar-refractivity contribution < 1.29 is 4.74 Å². The molecule has 0 saturated carbocycles. The Balaban J connectivity index is 1.92. The summed E-state index contributed by atoms with van der Waals surface area (Å²) < 4.78 is 6.00.